The number of hydrogen-bond acceptors (Lipinski definition) is 5. The topological polar surface area (TPSA) is 79.2 Å². The van der Waals surface area contributed by atoms with Gasteiger partial charge in [0.25, 0.3) is 11.8 Å². The molecule has 1 saturated heterocycles. The number of carbonyl (C=O) groups excluding carboxylic acids is 2. The Hall–Kier alpha value is -2.63. The summed E-state index contributed by atoms with van der Waals surface area (Å²) in [4.78, 5) is 25.0. The highest BCUT2D eigenvalue weighted by atomic mass is 16.5. The molecule has 1 aromatic rings. The summed E-state index contributed by atoms with van der Waals surface area (Å²) >= 11 is 0. The van der Waals surface area contributed by atoms with E-state index in [9.17, 15) is 14.7 Å². The molecule has 0 aromatic heterocycles. The largest absolute Gasteiger partial charge is 0.504 e. The molecular weight excluding hydrogens is 308 g/mol. The van der Waals surface area contributed by atoms with E-state index < -0.39 is 0 Å². The van der Waals surface area contributed by atoms with Crippen LogP contribution in [0.4, 0.5) is 0 Å². The number of allylic oxidation sites excluding steroid dienone is 2. The summed E-state index contributed by atoms with van der Waals surface area (Å²) in [5.41, 5.74) is 0.648. The summed E-state index contributed by atoms with van der Waals surface area (Å²) < 4.78 is 5.32. The zero-order valence-electron chi connectivity index (χ0n) is 13.3. The van der Waals surface area contributed by atoms with Gasteiger partial charge in [0.2, 0.25) is 0 Å². The number of amides is 2. The van der Waals surface area contributed by atoms with Crippen LogP contribution in [0, 0.1) is 23.7 Å². The molecule has 1 N–H and O–H groups in total. The molecule has 24 heavy (non-hydrogen) atoms. The van der Waals surface area contributed by atoms with Crippen LogP contribution in [0.25, 0.3) is 0 Å². The molecule has 0 spiro atoms. The van der Waals surface area contributed by atoms with E-state index in [1.165, 1.54) is 12.3 Å². The van der Waals surface area contributed by atoms with Gasteiger partial charge in [0.15, 0.2) is 11.5 Å². The number of aromatic hydroxyl groups is 1. The smallest absolute Gasteiger partial charge is 0.254 e. The van der Waals surface area contributed by atoms with Crippen molar-refractivity contribution in [2.75, 3.05) is 6.61 Å². The Morgan fingerprint density at radius 3 is 2.54 bits per heavy atom. The first kappa shape index (κ1) is 14.9. The Labute approximate surface area is 139 Å². The van der Waals surface area contributed by atoms with E-state index in [-0.39, 0.29) is 41.2 Å². The molecule has 4 atom stereocenters. The standard InChI is InChI=1S/C18H18N2O4/c1-2-24-14-7-10(3-6-13(14)21)9-19-20-17(22)15-11-4-5-12(8-11)16(15)18(20)23/h3-7,9,11-12,15-16,21H,2,8H2,1H3/b19-9-/t11-,12-,15+,16+/m0/s1. The van der Waals surface area contributed by atoms with Crippen LogP contribution < -0.4 is 4.74 Å². The highest BCUT2D eigenvalue weighted by Crippen LogP contribution is 2.52. The first-order chi connectivity index (χ1) is 11.6. The monoisotopic (exact) mass is 326 g/mol. The normalized spacial score (nSPS) is 30.6. The third kappa shape index (κ3) is 2.13. The molecule has 2 amide bonds. The lowest BCUT2D eigenvalue weighted by Gasteiger charge is -2.13. The number of benzene rings is 1. The van der Waals surface area contributed by atoms with E-state index in [1.807, 2.05) is 6.92 Å². The zero-order valence-corrected chi connectivity index (χ0v) is 13.3. The molecule has 0 radical (unpaired) electrons. The van der Waals surface area contributed by atoms with Crippen LogP contribution in [0.15, 0.2) is 35.5 Å². The van der Waals surface area contributed by atoms with Crippen molar-refractivity contribution in [1.29, 1.82) is 0 Å². The third-order valence-corrected chi connectivity index (χ3v) is 5.05. The average Bonchev–Trinajstić information content (AvgIpc) is 3.24. The van der Waals surface area contributed by atoms with Gasteiger partial charge in [-0.05, 0) is 48.9 Å². The molecule has 124 valence electrons. The quantitative estimate of drug-likeness (QED) is 0.521. The Kier molecular flexibility index (Phi) is 3.40. The number of imide groups is 1. The van der Waals surface area contributed by atoms with Gasteiger partial charge < -0.3 is 9.84 Å². The molecule has 4 rings (SSSR count). The van der Waals surface area contributed by atoms with Crippen molar-refractivity contribution < 1.29 is 19.4 Å². The second-order valence-corrected chi connectivity index (χ2v) is 6.39. The fourth-order valence-corrected chi connectivity index (χ4v) is 4.01. The lowest BCUT2D eigenvalue weighted by atomic mass is 9.85. The van der Waals surface area contributed by atoms with E-state index in [4.69, 9.17) is 4.74 Å². The number of nitrogens with zero attached hydrogens (tertiary/aromatic N) is 2. The van der Waals surface area contributed by atoms with Crippen LogP contribution in [-0.2, 0) is 9.59 Å². The van der Waals surface area contributed by atoms with Gasteiger partial charge in [0, 0.05) is 0 Å². The van der Waals surface area contributed by atoms with Crippen LogP contribution in [0.2, 0.25) is 0 Å². The molecule has 6 heteroatoms. The minimum atomic E-state index is -0.247. The fraction of sp³-hybridized carbons (Fsp3) is 0.389. The number of ether oxygens (including phenoxy) is 1. The fourth-order valence-electron chi connectivity index (χ4n) is 4.01. The highest BCUT2D eigenvalue weighted by molar-refractivity contribution is 6.06. The molecule has 1 aliphatic heterocycles. The number of fused-ring (bicyclic) bond motifs is 5. The highest BCUT2D eigenvalue weighted by Gasteiger charge is 2.59. The Morgan fingerprint density at radius 2 is 1.92 bits per heavy atom. The average molecular weight is 326 g/mol. The molecular formula is C18H18N2O4. The van der Waals surface area contributed by atoms with E-state index in [1.54, 1.807) is 12.1 Å². The van der Waals surface area contributed by atoms with Crippen molar-refractivity contribution in [1.82, 2.24) is 5.01 Å². The van der Waals surface area contributed by atoms with Crippen LogP contribution in [-0.4, -0.2) is 34.8 Å². The van der Waals surface area contributed by atoms with Crippen molar-refractivity contribution in [3.05, 3.63) is 35.9 Å². The molecule has 2 bridgehead atoms. The predicted molar refractivity (Wildman–Crippen MR) is 86.4 cm³/mol. The maximum absolute atomic E-state index is 12.5. The van der Waals surface area contributed by atoms with Crippen LogP contribution in [0.3, 0.4) is 0 Å². The number of hydrazone groups is 1. The third-order valence-electron chi connectivity index (χ3n) is 5.05. The first-order valence-electron chi connectivity index (χ1n) is 8.16. The Balaban J connectivity index is 1.56. The van der Waals surface area contributed by atoms with Crippen LogP contribution in [0.5, 0.6) is 11.5 Å². The Morgan fingerprint density at radius 1 is 1.25 bits per heavy atom. The predicted octanol–water partition coefficient (Wildman–Crippen LogP) is 1.93. The van der Waals surface area contributed by atoms with Crippen molar-refractivity contribution in [3.8, 4) is 11.5 Å². The van der Waals surface area contributed by atoms with E-state index in [0.29, 0.717) is 17.9 Å². The van der Waals surface area contributed by atoms with Gasteiger partial charge in [-0.2, -0.15) is 10.1 Å². The number of phenolic OH excluding ortho intramolecular Hbond substituents is 1. The molecule has 3 aliphatic rings. The van der Waals surface area contributed by atoms with Gasteiger partial charge in [0.05, 0.1) is 24.7 Å². The summed E-state index contributed by atoms with van der Waals surface area (Å²) in [7, 11) is 0. The first-order valence-corrected chi connectivity index (χ1v) is 8.16. The summed E-state index contributed by atoms with van der Waals surface area (Å²) in [6, 6.07) is 4.77. The van der Waals surface area contributed by atoms with Gasteiger partial charge in [0.1, 0.15) is 0 Å². The molecule has 1 saturated carbocycles. The molecule has 0 unspecified atom stereocenters. The second-order valence-electron chi connectivity index (χ2n) is 6.39. The van der Waals surface area contributed by atoms with Crippen LogP contribution in [0.1, 0.15) is 18.9 Å². The molecule has 6 nitrogen and oxygen atoms in total. The Bertz CT molecular complexity index is 740. The number of phenols is 1. The molecule has 2 aliphatic carbocycles. The maximum Gasteiger partial charge on any atom is 0.254 e. The van der Waals surface area contributed by atoms with Crippen molar-refractivity contribution in [2.24, 2.45) is 28.8 Å². The maximum atomic E-state index is 12.5. The SMILES string of the molecule is CCOc1cc(/C=N\N2C(=O)[C@H]3[C@H](C2=O)[C@H]2C=C[C@H]3C2)ccc1O. The molecule has 2 fully saturated rings. The summed E-state index contributed by atoms with van der Waals surface area (Å²) in [5.74, 6) is -0.167. The van der Waals surface area contributed by atoms with Crippen molar-refractivity contribution in [2.45, 2.75) is 13.3 Å². The lowest BCUT2D eigenvalue weighted by Crippen LogP contribution is -2.28. The summed E-state index contributed by atoms with van der Waals surface area (Å²) in [6.45, 7) is 2.25. The van der Waals surface area contributed by atoms with Gasteiger partial charge in [-0.25, -0.2) is 0 Å². The van der Waals surface area contributed by atoms with Gasteiger partial charge in [-0.3, -0.25) is 9.59 Å². The minimum absolute atomic E-state index is 0.0412. The number of hydrogen-bond donors (Lipinski definition) is 1. The molecule has 1 aromatic carbocycles. The van der Waals surface area contributed by atoms with Crippen molar-refractivity contribution in [3.63, 3.8) is 0 Å². The van der Waals surface area contributed by atoms with Crippen molar-refractivity contribution >= 4 is 18.0 Å². The zero-order chi connectivity index (χ0) is 16.8. The number of rotatable bonds is 4. The van der Waals surface area contributed by atoms with E-state index in [0.717, 1.165) is 11.4 Å². The van der Waals surface area contributed by atoms with Gasteiger partial charge in [-0.1, -0.05) is 12.2 Å². The summed E-state index contributed by atoms with van der Waals surface area (Å²) in [6.07, 6.45) is 6.46. The van der Waals surface area contributed by atoms with Gasteiger partial charge in [-0.15, -0.1) is 0 Å². The van der Waals surface area contributed by atoms with E-state index in [2.05, 4.69) is 17.3 Å². The second kappa shape index (κ2) is 5.47. The van der Waals surface area contributed by atoms with E-state index >= 15 is 0 Å². The summed E-state index contributed by atoms with van der Waals surface area (Å²) in [5, 5.41) is 14.8. The van der Waals surface area contributed by atoms with Gasteiger partial charge >= 0.3 is 0 Å². The van der Waals surface area contributed by atoms with Crippen LogP contribution >= 0.6 is 0 Å². The molecule has 1 heterocycles. The number of carbonyl (C=O) groups is 2. The minimum Gasteiger partial charge on any atom is -0.504 e. The lowest BCUT2D eigenvalue weighted by molar-refractivity contribution is -0.140.